The first-order valence-corrected chi connectivity index (χ1v) is 7.33. The molecule has 0 radical (unpaired) electrons. The van der Waals surface area contributed by atoms with E-state index in [-0.39, 0.29) is 13.2 Å². The van der Waals surface area contributed by atoms with Crippen molar-refractivity contribution in [2.75, 3.05) is 13.2 Å². The summed E-state index contributed by atoms with van der Waals surface area (Å²) in [6.45, 7) is -0.209. The van der Waals surface area contributed by atoms with Crippen LogP contribution in [0.15, 0.2) is 71.8 Å². The lowest BCUT2D eigenvalue weighted by atomic mass is 9.96. The second-order valence-electron chi connectivity index (χ2n) is 5.02. The van der Waals surface area contributed by atoms with E-state index >= 15 is 0 Å². The molecule has 112 valence electrons. The number of benzene rings is 2. The van der Waals surface area contributed by atoms with Gasteiger partial charge in [-0.1, -0.05) is 72.5 Å². The lowest BCUT2D eigenvalue weighted by Gasteiger charge is -2.10. The summed E-state index contributed by atoms with van der Waals surface area (Å²) in [6.07, 6.45) is 1.33. The van der Waals surface area contributed by atoms with E-state index in [9.17, 15) is 5.11 Å². The van der Waals surface area contributed by atoms with Crippen LogP contribution in [0.3, 0.4) is 0 Å². The summed E-state index contributed by atoms with van der Waals surface area (Å²) >= 11 is 0. The zero-order valence-electron chi connectivity index (χ0n) is 12.5. The summed E-state index contributed by atoms with van der Waals surface area (Å²) in [6, 6.07) is 20.1. The second kappa shape index (κ2) is 8.84. The van der Waals surface area contributed by atoms with Gasteiger partial charge >= 0.3 is 0 Å². The Balaban J connectivity index is 2.30. The summed E-state index contributed by atoms with van der Waals surface area (Å²) in [5, 5.41) is 18.7. The largest absolute Gasteiger partial charge is 0.392 e. The van der Waals surface area contributed by atoms with Crippen LogP contribution < -0.4 is 0 Å². The van der Waals surface area contributed by atoms with Gasteiger partial charge in [0.15, 0.2) is 0 Å². The van der Waals surface area contributed by atoms with Crippen LogP contribution in [0.25, 0.3) is 0 Å². The highest BCUT2D eigenvalue weighted by molar-refractivity contribution is 5.40. The predicted molar refractivity (Wildman–Crippen MR) is 89.3 cm³/mol. The molecule has 0 aromatic heterocycles. The van der Waals surface area contributed by atoms with Gasteiger partial charge in [-0.05, 0) is 23.1 Å². The zero-order chi connectivity index (χ0) is 15.6. The van der Waals surface area contributed by atoms with Gasteiger partial charge in [-0.3, -0.25) is 0 Å². The molecule has 2 rings (SSSR count). The Morgan fingerprint density at radius 2 is 1.32 bits per heavy atom. The van der Waals surface area contributed by atoms with Gasteiger partial charge in [0.25, 0.3) is 0 Å². The topological polar surface area (TPSA) is 40.5 Å². The molecule has 0 unspecified atom stereocenters. The van der Waals surface area contributed by atoms with Gasteiger partial charge in [0.2, 0.25) is 0 Å². The molecule has 0 spiro atoms. The Bertz CT molecular complexity index is 661. The van der Waals surface area contributed by atoms with Crippen molar-refractivity contribution in [2.24, 2.45) is 0 Å². The van der Waals surface area contributed by atoms with Gasteiger partial charge in [-0.25, -0.2) is 0 Å². The number of hydrogen-bond donors (Lipinski definition) is 2. The molecule has 0 heterocycles. The highest BCUT2D eigenvalue weighted by Gasteiger charge is 2.07. The smallest absolute Gasteiger partial charge is 0.104 e. The standard InChI is InChI=1S/C20H20O2/c21-13-7-12-19(14-17-8-3-1-4-9-17)20(16-22)15-18-10-5-2-6-11-18/h1-6,8-11,21-22H,13-16H2/b20-19-. The summed E-state index contributed by atoms with van der Waals surface area (Å²) in [5.74, 6) is 5.71. The Hall–Kier alpha value is -2.34. The van der Waals surface area contributed by atoms with E-state index in [4.69, 9.17) is 5.11 Å². The average Bonchev–Trinajstić information content (AvgIpc) is 2.58. The Labute approximate surface area is 131 Å². The SMILES string of the molecule is OCC#C/C(Cc1ccccc1)=C(/CO)Cc1ccccc1. The maximum absolute atomic E-state index is 9.75. The number of aliphatic hydroxyl groups is 2. The molecular formula is C20H20O2. The van der Waals surface area contributed by atoms with Gasteiger partial charge in [0.1, 0.15) is 6.61 Å². The molecule has 0 fully saturated rings. The number of rotatable bonds is 5. The van der Waals surface area contributed by atoms with E-state index in [1.54, 1.807) is 0 Å². The summed E-state index contributed by atoms with van der Waals surface area (Å²) in [7, 11) is 0. The van der Waals surface area contributed by atoms with Gasteiger partial charge < -0.3 is 10.2 Å². The normalized spacial score (nSPS) is 11.4. The van der Waals surface area contributed by atoms with Gasteiger partial charge in [0, 0.05) is 12.0 Å². The van der Waals surface area contributed by atoms with Crippen molar-refractivity contribution < 1.29 is 10.2 Å². The fourth-order valence-corrected chi connectivity index (χ4v) is 2.30. The molecule has 0 saturated carbocycles. The first kappa shape index (κ1) is 16.0. The maximum Gasteiger partial charge on any atom is 0.104 e. The van der Waals surface area contributed by atoms with Crippen LogP contribution >= 0.6 is 0 Å². The highest BCUT2D eigenvalue weighted by Crippen LogP contribution is 2.16. The van der Waals surface area contributed by atoms with Gasteiger partial charge in [0.05, 0.1) is 6.61 Å². The minimum absolute atomic E-state index is 0.0306. The van der Waals surface area contributed by atoms with Gasteiger partial charge in [-0.2, -0.15) is 0 Å². The molecule has 0 aliphatic heterocycles. The maximum atomic E-state index is 9.75. The quantitative estimate of drug-likeness (QED) is 0.832. The van der Waals surface area contributed by atoms with Crippen molar-refractivity contribution >= 4 is 0 Å². The van der Waals surface area contributed by atoms with Crippen LogP contribution in [-0.4, -0.2) is 23.4 Å². The van der Waals surface area contributed by atoms with E-state index in [0.717, 1.165) is 22.3 Å². The first-order valence-electron chi connectivity index (χ1n) is 7.33. The molecule has 2 heteroatoms. The van der Waals surface area contributed by atoms with Gasteiger partial charge in [-0.15, -0.1) is 0 Å². The minimum Gasteiger partial charge on any atom is -0.392 e. The van der Waals surface area contributed by atoms with E-state index in [1.807, 2.05) is 60.7 Å². The third kappa shape index (κ3) is 4.89. The van der Waals surface area contributed by atoms with Crippen LogP contribution in [0.5, 0.6) is 0 Å². The zero-order valence-corrected chi connectivity index (χ0v) is 12.5. The van der Waals surface area contributed by atoms with Crippen molar-refractivity contribution in [1.82, 2.24) is 0 Å². The van der Waals surface area contributed by atoms with E-state index in [0.29, 0.717) is 12.8 Å². The molecule has 2 nitrogen and oxygen atoms in total. The van der Waals surface area contributed by atoms with E-state index < -0.39 is 0 Å². The molecule has 2 N–H and O–H groups in total. The van der Waals surface area contributed by atoms with Crippen molar-refractivity contribution in [3.63, 3.8) is 0 Å². The minimum atomic E-state index is -0.178. The summed E-state index contributed by atoms with van der Waals surface area (Å²) < 4.78 is 0. The molecule has 0 aliphatic rings. The fourth-order valence-electron chi connectivity index (χ4n) is 2.30. The molecule has 2 aromatic carbocycles. The van der Waals surface area contributed by atoms with Crippen LogP contribution in [-0.2, 0) is 12.8 Å². The molecular weight excluding hydrogens is 272 g/mol. The monoisotopic (exact) mass is 292 g/mol. The van der Waals surface area contributed by atoms with E-state index in [1.165, 1.54) is 0 Å². The molecule has 0 atom stereocenters. The van der Waals surface area contributed by atoms with Crippen molar-refractivity contribution in [3.05, 3.63) is 82.9 Å². The van der Waals surface area contributed by atoms with Crippen molar-refractivity contribution in [1.29, 1.82) is 0 Å². The first-order chi connectivity index (χ1) is 10.8. The van der Waals surface area contributed by atoms with Crippen LogP contribution in [0.1, 0.15) is 11.1 Å². The number of allylic oxidation sites excluding steroid dienone is 1. The Morgan fingerprint density at radius 1 is 0.773 bits per heavy atom. The third-order valence-corrected chi connectivity index (χ3v) is 3.42. The average molecular weight is 292 g/mol. The Kier molecular flexibility index (Phi) is 6.44. The molecule has 2 aromatic rings. The molecule has 0 saturated heterocycles. The number of aliphatic hydroxyl groups excluding tert-OH is 2. The highest BCUT2D eigenvalue weighted by atomic mass is 16.3. The number of hydrogen-bond acceptors (Lipinski definition) is 2. The molecule has 22 heavy (non-hydrogen) atoms. The molecule has 0 bridgehead atoms. The van der Waals surface area contributed by atoms with Crippen LogP contribution in [0.4, 0.5) is 0 Å². The van der Waals surface area contributed by atoms with Crippen molar-refractivity contribution in [3.8, 4) is 11.8 Å². The van der Waals surface area contributed by atoms with Crippen molar-refractivity contribution in [2.45, 2.75) is 12.8 Å². The third-order valence-electron chi connectivity index (χ3n) is 3.42. The predicted octanol–water partition coefficient (Wildman–Crippen LogP) is 2.76. The lowest BCUT2D eigenvalue weighted by molar-refractivity contribution is 0.327. The van der Waals surface area contributed by atoms with Crippen LogP contribution in [0, 0.1) is 11.8 Å². The second-order valence-corrected chi connectivity index (χ2v) is 5.02. The Morgan fingerprint density at radius 3 is 1.82 bits per heavy atom. The van der Waals surface area contributed by atoms with E-state index in [2.05, 4.69) is 11.8 Å². The molecule has 0 amide bonds. The van der Waals surface area contributed by atoms with Crippen LogP contribution in [0.2, 0.25) is 0 Å². The fraction of sp³-hybridized carbons (Fsp3) is 0.200. The summed E-state index contributed by atoms with van der Waals surface area (Å²) in [4.78, 5) is 0. The molecule has 0 aliphatic carbocycles. The summed E-state index contributed by atoms with van der Waals surface area (Å²) in [5.41, 5.74) is 4.06. The lowest BCUT2D eigenvalue weighted by Crippen LogP contribution is -2.03.